The molecule has 0 spiro atoms. The number of aromatic nitrogens is 1. The first-order chi connectivity index (χ1) is 7.97. The predicted molar refractivity (Wildman–Crippen MR) is 74.2 cm³/mol. The van der Waals surface area contributed by atoms with Crippen molar-refractivity contribution in [2.75, 3.05) is 0 Å². The summed E-state index contributed by atoms with van der Waals surface area (Å²) in [7, 11) is 0. The summed E-state index contributed by atoms with van der Waals surface area (Å²) >= 11 is 17.9. The summed E-state index contributed by atoms with van der Waals surface area (Å²) in [5.41, 5.74) is 3.92. The second-order valence-corrected chi connectivity index (χ2v) is 5.14. The minimum Gasteiger partial charge on any atom is -0.233 e. The zero-order chi connectivity index (χ0) is 12.6. The Morgan fingerprint density at radius 2 is 1.41 bits per heavy atom. The van der Waals surface area contributed by atoms with Crippen molar-refractivity contribution in [1.29, 1.82) is 0 Å². The van der Waals surface area contributed by atoms with Crippen LogP contribution in [0.1, 0.15) is 11.1 Å². The molecule has 0 aliphatic carbocycles. The van der Waals surface area contributed by atoms with E-state index in [0.717, 1.165) is 16.7 Å². The van der Waals surface area contributed by atoms with E-state index in [1.165, 1.54) is 0 Å². The fourth-order valence-electron chi connectivity index (χ4n) is 1.76. The summed E-state index contributed by atoms with van der Waals surface area (Å²) in [4.78, 5) is 4.23. The van der Waals surface area contributed by atoms with Gasteiger partial charge in [0.25, 0.3) is 0 Å². The van der Waals surface area contributed by atoms with Crippen LogP contribution in [-0.4, -0.2) is 4.98 Å². The molecule has 0 saturated carbocycles. The molecule has 4 heteroatoms. The molecule has 0 saturated heterocycles. The molecule has 1 aromatic heterocycles. The number of halogens is 3. The van der Waals surface area contributed by atoms with Crippen LogP contribution in [0.3, 0.4) is 0 Å². The minimum absolute atomic E-state index is 0.269. The molecule has 17 heavy (non-hydrogen) atoms. The molecule has 0 bridgehead atoms. The summed E-state index contributed by atoms with van der Waals surface area (Å²) in [6.07, 6.45) is 0. The van der Waals surface area contributed by atoms with Gasteiger partial charge in [0.1, 0.15) is 5.15 Å². The molecule has 0 atom stereocenters. The maximum atomic E-state index is 6.14. The standard InChI is InChI=1S/C13H10Cl3N/c1-7-3-8(2)5-9(4-7)12-10(14)6-11(15)13(16)17-12/h3-6H,1-2H3. The molecule has 0 aliphatic rings. The van der Waals surface area contributed by atoms with E-state index in [-0.39, 0.29) is 5.15 Å². The lowest BCUT2D eigenvalue weighted by atomic mass is 10.0. The zero-order valence-electron chi connectivity index (χ0n) is 9.39. The first-order valence-corrected chi connectivity index (χ1v) is 6.21. The quantitative estimate of drug-likeness (QED) is 0.646. The average molecular weight is 287 g/mol. The average Bonchev–Trinajstić information content (AvgIpc) is 2.22. The van der Waals surface area contributed by atoms with Gasteiger partial charge in [0.15, 0.2) is 0 Å². The van der Waals surface area contributed by atoms with E-state index in [1.54, 1.807) is 6.07 Å². The van der Waals surface area contributed by atoms with Gasteiger partial charge in [-0.15, -0.1) is 0 Å². The molecule has 88 valence electrons. The van der Waals surface area contributed by atoms with Crippen LogP contribution in [0.25, 0.3) is 11.3 Å². The van der Waals surface area contributed by atoms with Crippen LogP contribution in [0.15, 0.2) is 24.3 Å². The molecular formula is C13H10Cl3N. The molecule has 0 amide bonds. The van der Waals surface area contributed by atoms with E-state index in [1.807, 2.05) is 26.0 Å². The summed E-state index contributed by atoms with van der Waals surface area (Å²) in [5, 5.41) is 1.14. The van der Waals surface area contributed by atoms with Gasteiger partial charge in [-0.25, -0.2) is 4.98 Å². The molecule has 1 heterocycles. The highest BCUT2D eigenvalue weighted by Crippen LogP contribution is 2.32. The first-order valence-electron chi connectivity index (χ1n) is 5.07. The second-order valence-electron chi connectivity index (χ2n) is 3.97. The largest absolute Gasteiger partial charge is 0.233 e. The third-order valence-electron chi connectivity index (χ3n) is 2.38. The number of pyridine rings is 1. The molecule has 2 aromatic rings. The maximum Gasteiger partial charge on any atom is 0.148 e. The van der Waals surface area contributed by atoms with Gasteiger partial charge >= 0.3 is 0 Å². The van der Waals surface area contributed by atoms with E-state index in [4.69, 9.17) is 34.8 Å². The topological polar surface area (TPSA) is 12.9 Å². The smallest absolute Gasteiger partial charge is 0.148 e. The van der Waals surface area contributed by atoms with Crippen molar-refractivity contribution in [1.82, 2.24) is 4.98 Å². The lowest BCUT2D eigenvalue weighted by Crippen LogP contribution is -1.89. The Morgan fingerprint density at radius 1 is 0.824 bits per heavy atom. The third-order valence-corrected chi connectivity index (χ3v) is 3.34. The normalized spacial score (nSPS) is 10.6. The number of benzene rings is 1. The molecular weight excluding hydrogens is 277 g/mol. The van der Waals surface area contributed by atoms with E-state index in [9.17, 15) is 0 Å². The van der Waals surface area contributed by atoms with Crippen LogP contribution >= 0.6 is 34.8 Å². The Morgan fingerprint density at radius 3 is 2.00 bits per heavy atom. The van der Waals surface area contributed by atoms with Gasteiger partial charge in [-0.3, -0.25) is 0 Å². The number of hydrogen-bond donors (Lipinski definition) is 0. The van der Waals surface area contributed by atoms with Crippen molar-refractivity contribution in [2.24, 2.45) is 0 Å². The van der Waals surface area contributed by atoms with Crippen LogP contribution in [-0.2, 0) is 0 Å². The van der Waals surface area contributed by atoms with Crippen LogP contribution in [0.2, 0.25) is 15.2 Å². The summed E-state index contributed by atoms with van der Waals surface area (Å²) < 4.78 is 0. The maximum absolute atomic E-state index is 6.14. The monoisotopic (exact) mass is 285 g/mol. The molecule has 0 aliphatic heterocycles. The fourth-order valence-corrected chi connectivity index (χ4v) is 2.36. The Labute approximate surface area is 115 Å². The van der Waals surface area contributed by atoms with Crippen molar-refractivity contribution in [3.8, 4) is 11.3 Å². The third kappa shape index (κ3) is 2.74. The van der Waals surface area contributed by atoms with E-state index in [2.05, 4.69) is 11.1 Å². The molecule has 0 unspecified atom stereocenters. The number of rotatable bonds is 1. The lowest BCUT2D eigenvalue weighted by molar-refractivity contribution is 1.30. The van der Waals surface area contributed by atoms with Gasteiger partial charge in [0, 0.05) is 5.56 Å². The molecule has 0 fully saturated rings. The van der Waals surface area contributed by atoms with E-state index >= 15 is 0 Å². The number of hydrogen-bond acceptors (Lipinski definition) is 1. The minimum atomic E-state index is 0.269. The predicted octanol–water partition coefficient (Wildman–Crippen LogP) is 5.33. The first kappa shape index (κ1) is 12.7. The van der Waals surface area contributed by atoms with Crippen LogP contribution in [0.4, 0.5) is 0 Å². The van der Waals surface area contributed by atoms with Crippen molar-refractivity contribution in [2.45, 2.75) is 13.8 Å². The van der Waals surface area contributed by atoms with Gasteiger partial charge in [0.2, 0.25) is 0 Å². The van der Waals surface area contributed by atoms with Gasteiger partial charge in [0.05, 0.1) is 15.7 Å². The van der Waals surface area contributed by atoms with E-state index in [0.29, 0.717) is 15.7 Å². The van der Waals surface area contributed by atoms with Crippen molar-refractivity contribution >= 4 is 34.8 Å². The molecule has 2 rings (SSSR count). The fraction of sp³-hybridized carbons (Fsp3) is 0.154. The number of nitrogens with zero attached hydrogens (tertiary/aromatic N) is 1. The van der Waals surface area contributed by atoms with Gasteiger partial charge < -0.3 is 0 Å². The lowest BCUT2D eigenvalue weighted by Gasteiger charge is -2.07. The van der Waals surface area contributed by atoms with Crippen LogP contribution in [0, 0.1) is 13.8 Å². The summed E-state index contributed by atoms with van der Waals surface area (Å²) in [6.45, 7) is 4.06. The Bertz CT molecular complexity index is 559. The highest BCUT2D eigenvalue weighted by molar-refractivity contribution is 6.42. The summed E-state index contributed by atoms with van der Waals surface area (Å²) in [6, 6.07) is 7.75. The van der Waals surface area contributed by atoms with E-state index < -0.39 is 0 Å². The van der Waals surface area contributed by atoms with Crippen LogP contribution < -0.4 is 0 Å². The van der Waals surface area contributed by atoms with Crippen LogP contribution in [0.5, 0.6) is 0 Å². The Hall–Kier alpha value is -0.760. The SMILES string of the molecule is Cc1cc(C)cc(-c2nc(Cl)c(Cl)cc2Cl)c1. The molecule has 1 nitrogen and oxygen atoms in total. The summed E-state index contributed by atoms with van der Waals surface area (Å²) in [5.74, 6) is 0. The Balaban J connectivity index is 2.64. The van der Waals surface area contributed by atoms with Crippen molar-refractivity contribution in [3.05, 3.63) is 50.6 Å². The van der Waals surface area contributed by atoms with Crippen molar-refractivity contribution in [3.63, 3.8) is 0 Å². The van der Waals surface area contributed by atoms with Gasteiger partial charge in [-0.2, -0.15) is 0 Å². The second kappa shape index (κ2) is 4.85. The molecule has 1 aromatic carbocycles. The zero-order valence-corrected chi connectivity index (χ0v) is 11.7. The Kier molecular flexibility index (Phi) is 3.62. The molecule has 0 N–H and O–H groups in total. The highest BCUT2D eigenvalue weighted by Gasteiger charge is 2.10. The van der Waals surface area contributed by atoms with Gasteiger partial charge in [-0.05, 0) is 32.0 Å². The number of aryl methyl sites for hydroxylation is 2. The molecule has 0 radical (unpaired) electrons. The van der Waals surface area contributed by atoms with Gasteiger partial charge in [-0.1, -0.05) is 52.0 Å². The highest BCUT2D eigenvalue weighted by atomic mass is 35.5. The van der Waals surface area contributed by atoms with Crippen molar-refractivity contribution < 1.29 is 0 Å².